The van der Waals surface area contributed by atoms with Crippen molar-refractivity contribution < 1.29 is 14.3 Å². The Morgan fingerprint density at radius 2 is 1.96 bits per heavy atom. The zero-order chi connectivity index (χ0) is 20.5. The van der Waals surface area contributed by atoms with E-state index < -0.39 is 6.04 Å². The molecule has 0 bridgehead atoms. The van der Waals surface area contributed by atoms with Crippen molar-refractivity contribution in [2.24, 2.45) is 0 Å². The first-order chi connectivity index (χ1) is 13.4. The Morgan fingerprint density at radius 3 is 2.64 bits per heavy atom. The van der Waals surface area contributed by atoms with Gasteiger partial charge in [-0.2, -0.15) is 0 Å². The molecule has 1 atom stereocenters. The number of amides is 2. The van der Waals surface area contributed by atoms with Crippen LogP contribution in [-0.4, -0.2) is 35.9 Å². The zero-order valence-corrected chi connectivity index (χ0v) is 18.3. The molecule has 0 aliphatic carbocycles. The fourth-order valence-electron chi connectivity index (χ4n) is 2.60. The molecule has 0 heterocycles. The molecule has 2 rings (SSSR count). The summed E-state index contributed by atoms with van der Waals surface area (Å²) in [4.78, 5) is 26.9. The Kier molecular flexibility index (Phi) is 8.80. The molecule has 2 aromatic carbocycles. The van der Waals surface area contributed by atoms with E-state index in [2.05, 4.69) is 21.2 Å². The molecule has 0 unspecified atom stereocenters. The van der Waals surface area contributed by atoms with Gasteiger partial charge in [-0.25, -0.2) is 0 Å². The predicted molar refractivity (Wildman–Crippen MR) is 114 cm³/mol. The topological polar surface area (TPSA) is 58.6 Å². The third kappa shape index (κ3) is 6.84. The number of hydrogen-bond acceptors (Lipinski definition) is 3. The van der Waals surface area contributed by atoms with Gasteiger partial charge in [0.1, 0.15) is 11.8 Å². The van der Waals surface area contributed by atoms with E-state index in [1.165, 1.54) is 4.90 Å². The first-order valence-corrected chi connectivity index (χ1v) is 10.3. The van der Waals surface area contributed by atoms with E-state index in [0.29, 0.717) is 23.9 Å². The molecule has 0 radical (unpaired) electrons. The maximum atomic E-state index is 12.9. The number of nitrogens with one attached hydrogen (secondary N) is 1. The standard InChI is InChI=1S/C21H24BrClN2O3/c1-3-10-24-21(27)15(2)25(13-16-6-4-7-17(22)11-16)20(26)14-28-19-9-5-8-18(23)12-19/h4-9,11-12,15H,3,10,13-14H2,1-2H3,(H,24,27)/t15-/m1/s1. The first kappa shape index (κ1) is 22.2. The number of carbonyl (C=O) groups is 2. The molecular weight excluding hydrogens is 444 g/mol. The molecular formula is C21H24BrClN2O3. The molecule has 0 saturated carbocycles. The van der Waals surface area contributed by atoms with Crippen LogP contribution in [0.3, 0.4) is 0 Å². The summed E-state index contributed by atoms with van der Waals surface area (Å²) in [5.41, 5.74) is 0.917. The second-order valence-corrected chi connectivity index (χ2v) is 7.72. The minimum absolute atomic E-state index is 0.181. The number of benzene rings is 2. The number of carbonyl (C=O) groups excluding carboxylic acids is 2. The molecule has 1 N–H and O–H groups in total. The van der Waals surface area contributed by atoms with E-state index >= 15 is 0 Å². The average Bonchev–Trinajstić information content (AvgIpc) is 2.68. The molecule has 0 aliphatic heterocycles. The average molecular weight is 468 g/mol. The third-order valence-electron chi connectivity index (χ3n) is 4.12. The van der Waals surface area contributed by atoms with Crippen LogP contribution in [0, 0.1) is 0 Å². The van der Waals surface area contributed by atoms with Gasteiger partial charge in [0.15, 0.2) is 6.61 Å². The molecule has 28 heavy (non-hydrogen) atoms. The van der Waals surface area contributed by atoms with Crippen molar-refractivity contribution in [3.63, 3.8) is 0 Å². The number of nitrogens with zero attached hydrogens (tertiary/aromatic N) is 1. The fourth-order valence-corrected chi connectivity index (χ4v) is 3.22. The molecule has 5 nitrogen and oxygen atoms in total. The van der Waals surface area contributed by atoms with Crippen LogP contribution in [0.15, 0.2) is 53.0 Å². The Morgan fingerprint density at radius 1 is 1.21 bits per heavy atom. The molecule has 0 saturated heterocycles. The predicted octanol–water partition coefficient (Wildman–Crippen LogP) is 4.42. The van der Waals surface area contributed by atoms with Gasteiger partial charge >= 0.3 is 0 Å². The Hall–Kier alpha value is -2.05. The molecule has 2 aromatic rings. The first-order valence-electron chi connectivity index (χ1n) is 9.10. The maximum absolute atomic E-state index is 12.9. The molecule has 0 aliphatic rings. The van der Waals surface area contributed by atoms with Crippen molar-refractivity contribution in [1.29, 1.82) is 0 Å². The lowest BCUT2D eigenvalue weighted by molar-refractivity contribution is -0.142. The number of hydrogen-bond donors (Lipinski definition) is 1. The molecule has 2 amide bonds. The van der Waals surface area contributed by atoms with E-state index in [1.807, 2.05) is 31.2 Å². The highest BCUT2D eigenvalue weighted by atomic mass is 79.9. The number of halogens is 2. The van der Waals surface area contributed by atoms with Gasteiger partial charge in [-0.15, -0.1) is 0 Å². The van der Waals surface area contributed by atoms with E-state index in [-0.39, 0.29) is 18.4 Å². The second-order valence-electron chi connectivity index (χ2n) is 6.36. The van der Waals surface area contributed by atoms with Gasteiger partial charge in [0, 0.05) is 22.6 Å². The van der Waals surface area contributed by atoms with Crippen molar-refractivity contribution in [3.05, 3.63) is 63.6 Å². The van der Waals surface area contributed by atoms with Crippen LogP contribution in [0.5, 0.6) is 5.75 Å². The van der Waals surface area contributed by atoms with E-state index in [1.54, 1.807) is 31.2 Å². The van der Waals surface area contributed by atoms with Crippen molar-refractivity contribution in [2.75, 3.05) is 13.2 Å². The van der Waals surface area contributed by atoms with Crippen molar-refractivity contribution >= 4 is 39.3 Å². The highest BCUT2D eigenvalue weighted by Gasteiger charge is 2.26. The van der Waals surface area contributed by atoms with Crippen molar-refractivity contribution in [3.8, 4) is 5.75 Å². The maximum Gasteiger partial charge on any atom is 0.261 e. The van der Waals surface area contributed by atoms with Gasteiger partial charge in [0.25, 0.3) is 5.91 Å². The van der Waals surface area contributed by atoms with E-state index in [9.17, 15) is 9.59 Å². The van der Waals surface area contributed by atoms with Crippen molar-refractivity contribution in [1.82, 2.24) is 10.2 Å². The van der Waals surface area contributed by atoms with Gasteiger partial charge < -0.3 is 15.0 Å². The normalized spacial score (nSPS) is 11.6. The van der Waals surface area contributed by atoms with Gasteiger partial charge in [-0.3, -0.25) is 9.59 Å². The quantitative estimate of drug-likeness (QED) is 0.594. The minimum Gasteiger partial charge on any atom is -0.484 e. The highest BCUT2D eigenvalue weighted by molar-refractivity contribution is 9.10. The van der Waals surface area contributed by atoms with Crippen LogP contribution in [0.2, 0.25) is 5.02 Å². The lowest BCUT2D eigenvalue weighted by atomic mass is 10.1. The largest absolute Gasteiger partial charge is 0.484 e. The van der Waals surface area contributed by atoms with E-state index in [4.69, 9.17) is 16.3 Å². The molecule has 0 spiro atoms. The SMILES string of the molecule is CCCNC(=O)[C@@H](C)N(Cc1cccc(Br)c1)C(=O)COc1cccc(Cl)c1. The summed E-state index contributed by atoms with van der Waals surface area (Å²) in [5, 5.41) is 3.38. The van der Waals surface area contributed by atoms with Crippen LogP contribution in [0.4, 0.5) is 0 Å². The smallest absolute Gasteiger partial charge is 0.261 e. The van der Waals surface area contributed by atoms with Crippen LogP contribution in [-0.2, 0) is 16.1 Å². The second kappa shape index (κ2) is 11.1. The summed E-state index contributed by atoms with van der Waals surface area (Å²) < 4.78 is 6.50. The van der Waals surface area contributed by atoms with Gasteiger partial charge in [0.2, 0.25) is 5.91 Å². The van der Waals surface area contributed by atoms with Gasteiger partial charge in [-0.05, 0) is 49.2 Å². The monoisotopic (exact) mass is 466 g/mol. The van der Waals surface area contributed by atoms with Gasteiger partial charge in [0.05, 0.1) is 0 Å². The van der Waals surface area contributed by atoms with Crippen molar-refractivity contribution in [2.45, 2.75) is 32.9 Å². The highest BCUT2D eigenvalue weighted by Crippen LogP contribution is 2.18. The Balaban J connectivity index is 2.13. The minimum atomic E-state index is -0.624. The zero-order valence-electron chi connectivity index (χ0n) is 16.0. The number of ether oxygens (including phenoxy) is 1. The Labute approximate surface area is 179 Å². The summed E-state index contributed by atoms with van der Waals surface area (Å²) in [6, 6.07) is 13.9. The van der Waals surface area contributed by atoms with Gasteiger partial charge in [-0.1, -0.05) is 52.7 Å². The van der Waals surface area contributed by atoms with E-state index in [0.717, 1.165) is 16.5 Å². The summed E-state index contributed by atoms with van der Waals surface area (Å²) in [6.07, 6.45) is 0.829. The molecule has 0 aromatic heterocycles. The summed E-state index contributed by atoms with van der Waals surface area (Å²) >= 11 is 9.39. The Bertz CT molecular complexity index is 816. The molecule has 0 fully saturated rings. The summed E-state index contributed by atoms with van der Waals surface area (Å²) in [7, 11) is 0. The fraction of sp³-hybridized carbons (Fsp3) is 0.333. The van der Waals surface area contributed by atoms with Crippen LogP contribution >= 0.6 is 27.5 Å². The number of rotatable bonds is 9. The van der Waals surface area contributed by atoms with Crippen LogP contribution in [0.1, 0.15) is 25.8 Å². The summed E-state index contributed by atoms with van der Waals surface area (Å²) in [5.74, 6) is 0.0402. The lowest BCUT2D eigenvalue weighted by Crippen LogP contribution is -2.49. The molecule has 7 heteroatoms. The van der Waals surface area contributed by atoms with Crippen LogP contribution in [0.25, 0.3) is 0 Å². The summed E-state index contributed by atoms with van der Waals surface area (Å²) in [6.45, 7) is 4.40. The lowest BCUT2D eigenvalue weighted by Gasteiger charge is -2.28. The van der Waals surface area contributed by atoms with Crippen LogP contribution < -0.4 is 10.1 Å². The third-order valence-corrected chi connectivity index (χ3v) is 4.85. The molecule has 150 valence electrons.